The predicted octanol–water partition coefficient (Wildman–Crippen LogP) is 4.48. The Balaban J connectivity index is 2.12. The molecule has 0 aliphatic rings. The van der Waals surface area contributed by atoms with E-state index in [9.17, 15) is 4.79 Å². The molecule has 2 aromatic rings. The Labute approximate surface area is 143 Å². The summed E-state index contributed by atoms with van der Waals surface area (Å²) in [4.78, 5) is 12.5. The van der Waals surface area contributed by atoms with Crippen molar-refractivity contribution in [2.45, 2.75) is 39.2 Å². The molecule has 0 saturated carbocycles. The van der Waals surface area contributed by atoms with Crippen molar-refractivity contribution < 1.29 is 9.53 Å². The van der Waals surface area contributed by atoms with Gasteiger partial charge in [0.15, 0.2) is 6.10 Å². The zero-order chi connectivity index (χ0) is 17.5. The minimum Gasteiger partial charge on any atom is -0.480 e. The molecule has 2 aromatic carbocycles. The van der Waals surface area contributed by atoms with E-state index in [0.717, 1.165) is 17.7 Å². The van der Waals surface area contributed by atoms with Crippen LogP contribution in [0.3, 0.4) is 0 Å². The molecular weight excluding hydrogens is 300 g/mol. The second-order valence-corrected chi connectivity index (χ2v) is 5.75. The van der Waals surface area contributed by atoms with Gasteiger partial charge in [0.1, 0.15) is 11.8 Å². The molecule has 124 valence electrons. The van der Waals surface area contributed by atoms with Gasteiger partial charge < -0.3 is 10.1 Å². The molecule has 0 unspecified atom stereocenters. The Kier molecular flexibility index (Phi) is 5.97. The summed E-state index contributed by atoms with van der Waals surface area (Å²) in [5.41, 5.74) is 2.33. The minimum atomic E-state index is -0.704. The van der Waals surface area contributed by atoms with Crippen LogP contribution in [-0.4, -0.2) is 12.0 Å². The van der Waals surface area contributed by atoms with Crippen LogP contribution in [0, 0.1) is 11.3 Å². The Bertz CT molecular complexity index is 749. The van der Waals surface area contributed by atoms with Gasteiger partial charge in [-0.3, -0.25) is 4.79 Å². The fraction of sp³-hybridized carbons (Fsp3) is 0.300. The van der Waals surface area contributed by atoms with Crippen molar-refractivity contribution >= 4 is 11.6 Å². The lowest BCUT2D eigenvalue weighted by molar-refractivity contribution is -0.122. The molecule has 24 heavy (non-hydrogen) atoms. The number of carbonyl (C=O) groups is 1. The summed E-state index contributed by atoms with van der Waals surface area (Å²) >= 11 is 0. The lowest BCUT2D eigenvalue weighted by atomic mass is 9.97. The fourth-order valence-corrected chi connectivity index (χ4v) is 2.40. The highest BCUT2D eigenvalue weighted by Gasteiger charge is 2.18. The first kappa shape index (κ1) is 17.6. The van der Waals surface area contributed by atoms with E-state index in [-0.39, 0.29) is 5.91 Å². The SMILES string of the molecule is CC[C@H](C)c1ccccc1NC(=O)[C@@H](C)Oc1ccccc1C#N. The average Bonchev–Trinajstić information content (AvgIpc) is 2.61. The third-order valence-electron chi connectivity index (χ3n) is 4.04. The van der Waals surface area contributed by atoms with Crippen LogP contribution >= 0.6 is 0 Å². The van der Waals surface area contributed by atoms with Crippen LogP contribution < -0.4 is 10.1 Å². The molecule has 4 heteroatoms. The Morgan fingerprint density at radius 3 is 2.54 bits per heavy atom. The molecule has 0 saturated heterocycles. The molecule has 0 aliphatic heterocycles. The first-order valence-corrected chi connectivity index (χ1v) is 8.12. The fourth-order valence-electron chi connectivity index (χ4n) is 2.40. The summed E-state index contributed by atoms with van der Waals surface area (Å²) in [6.07, 6.45) is 0.290. The first-order chi connectivity index (χ1) is 11.6. The van der Waals surface area contributed by atoms with Crippen LogP contribution in [0.2, 0.25) is 0 Å². The number of para-hydroxylation sites is 2. The zero-order valence-electron chi connectivity index (χ0n) is 14.2. The molecular formula is C20H22N2O2. The summed E-state index contributed by atoms with van der Waals surface area (Å²) < 4.78 is 5.66. The Morgan fingerprint density at radius 1 is 1.17 bits per heavy atom. The number of rotatable bonds is 6. The van der Waals surface area contributed by atoms with Crippen molar-refractivity contribution in [3.05, 3.63) is 59.7 Å². The number of nitriles is 1. The molecule has 2 atom stereocenters. The second-order valence-electron chi connectivity index (χ2n) is 5.75. The normalized spacial score (nSPS) is 12.8. The van der Waals surface area contributed by atoms with Gasteiger partial charge in [-0.2, -0.15) is 5.26 Å². The van der Waals surface area contributed by atoms with Crippen LogP contribution in [0.4, 0.5) is 5.69 Å². The smallest absolute Gasteiger partial charge is 0.265 e. The maximum Gasteiger partial charge on any atom is 0.265 e. The van der Waals surface area contributed by atoms with E-state index in [1.54, 1.807) is 31.2 Å². The Morgan fingerprint density at radius 2 is 1.83 bits per heavy atom. The van der Waals surface area contributed by atoms with Gasteiger partial charge in [-0.15, -0.1) is 0 Å². The molecule has 0 aromatic heterocycles. The number of anilines is 1. The van der Waals surface area contributed by atoms with E-state index in [1.807, 2.05) is 24.3 Å². The predicted molar refractivity (Wildman–Crippen MR) is 95.0 cm³/mol. The molecule has 0 fully saturated rings. The summed E-state index contributed by atoms with van der Waals surface area (Å²) in [6, 6.07) is 16.8. The van der Waals surface area contributed by atoms with Crippen LogP contribution in [0.25, 0.3) is 0 Å². The number of ether oxygens (including phenoxy) is 1. The highest BCUT2D eigenvalue weighted by Crippen LogP contribution is 2.27. The highest BCUT2D eigenvalue weighted by molar-refractivity contribution is 5.94. The largest absolute Gasteiger partial charge is 0.480 e. The second kappa shape index (κ2) is 8.16. The number of hydrogen-bond donors (Lipinski definition) is 1. The van der Waals surface area contributed by atoms with Crippen molar-refractivity contribution in [3.63, 3.8) is 0 Å². The van der Waals surface area contributed by atoms with Crippen LogP contribution in [0.5, 0.6) is 5.75 Å². The van der Waals surface area contributed by atoms with Crippen LogP contribution in [0.1, 0.15) is 44.2 Å². The number of hydrogen-bond acceptors (Lipinski definition) is 3. The van der Waals surface area contributed by atoms with Crippen molar-refractivity contribution in [3.8, 4) is 11.8 Å². The monoisotopic (exact) mass is 322 g/mol. The van der Waals surface area contributed by atoms with Gasteiger partial charge in [0.2, 0.25) is 0 Å². The van der Waals surface area contributed by atoms with E-state index in [2.05, 4.69) is 25.2 Å². The number of amides is 1. The van der Waals surface area contributed by atoms with Crippen LogP contribution in [-0.2, 0) is 4.79 Å². The molecule has 0 bridgehead atoms. The van der Waals surface area contributed by atoms with E-state index < -0.39 is 6.10 Å². The summed E-state index contributed by atoms with van der Waals surface area (Å²) in [5, 5.41) is 12.0. The Hall–Kier alpha value is -2.80. The maximum absolute atomic E-state index is 12.5. The topological polar surface area (TPSA) is 62.1 Å². The molecule has 0 radical (unpaired) electrons. The van der Waals surface area contributed by atoms with Gasteiger partial charge >= 0.3 is 0 Å². The average molecular weight is 322 g/mol. The van der Waals surface area contributed by atoms with Crippen molar-refractivity contribution in [1.29, 1.82) is 5.26 Å². The summed E-state index contributed by atoms with van der Waals surface area (Å²) in [6.45, 7) is 5.93. The van der Waals surface area contributed by atoms with Crippen molar-refractivity contribution in [2.24, 2.45) is 0 Å². The maximum atomic E-state index is 12.5. The number of nitrogens with one attached hydrogen (secondary N) is 1. The van der Waals surface area contributed by atoms with Gasteiger partial charge in [-0.05, 0) is 43.0 Å². The van der Waals surface area contributed by atoms with Crippen molar-refractivity contribution in [1.82, 2.24) is 0 Å². The van der Waals surface area contributed by atoms with Gasteiger partial charge in [0.05, 0.1) is 5.56 Å². The zero-order valence-corrected chi connectivity index (χ0v) is 14.2. The molecule has 4 nitrogen and oxygen atoms in total. The molecule has 2 rings (SSSR count). The lowest BCUT2D eigenvalue weighted by Gasteiger charge is -2.19. The van der Waals surface area contributed by atoms with E-state index in [1.165, 1.54) is 0 Å². The van der Waals surface area contributed by atoms with Gasteiger partial charge in [0.25, 0.3) is 5.91 Å². The van der Waals surface area contributed by atoms with Gasteiger partial charge in [-0.1, -0.05) is 44.2 Å². The van der Waals surface area contributed by atoms with E-state index >= 15 is 0 Å². The number of nitrogens with zero attached hydrogens (tertiary/aromatic N) is 1. The third-order valence-corrected chi connectivity index (χ3v) is 4.04. The molecule has 1 amide bonds. The standard InChI is InChI=1S/C20H22N2O2/c1-4-14(2)17-10-6-7-11-18(17)22-20(23)15(3)24-19-12-8-5-9-16(19)13-21/h5-12,14-15H,4H2,1-3H3,(H,22,23)/t14-,15+/m0/s1. The minimum absolute atomic E-state index is 0.238. The summed E-state index contributed by atoms with van der Waals surface area (Å²) in [7, 11) is 0. The number of benzene rings is 2. The molecule has 0 aliphatic carbocycles. The van der Waals surface area contributed by atoms with Crippen molar-refractivity contribution in [2.75, 3.05) is 5.32 Å². The lowest BCUT2D eigenvalue weighted by Crippen LogP contribution is -2.30. The molecule has 0 spiro atoms. The highest BCUT2D eigenvalue weighted by atomic mass is 16.5. The summed E-state index contributed by atoms with van der Waals surface area (Å²) in [5.74, 6) is 0.536. The molecule has 1 N–H and O–H groups in total. The van der Waals surface area contributed by atoms with E-state index in [4.69, 9.17) is 10.00 Å². The van der Waals surface area contributed by atoms with Crippen LogP contribution in [0.15, 0.2) is 48.5 Å². The third kappa shape index (κ3) is 4.14. The number of carbonyl (C=O) groups excluding carboxylic acids is 1. The quantitative estimate of drug-likeness (QED) is 0.853. The first-order valence-electron chi connectivity index (χ1n) is 8.12. The molecule has 0 heterocycles. The van der Waals surface area contributed by atoms with E-state index in [0.29, 0.717) is 17.2 Å². The van der Waals surface area contributed by atoms with Gasteiger partial charge in [-0.25, -0.2) is 0 Å². The van der Waals surface area contributed by atoms with Gasteiger partial charge in [0, 0.05) is 5.69 Å².